The van der Waals surface area contributed by atoms with Crippen LogP contribution in [0.25, 0.3) is 0 Å². The number of carbonyl (C=O) groups excluding carboxylic acids is 4. The molecule has 2 aliphatic heterocycles. The van der Waals surface area contributed by atoms with Gasteiger partial charge in [-0.25, -0.2) is 0 Å². The van der Waals surface area contributed by atoms with E-state index >= 15 is 0 Å². The molecule has 9 atom stereocenters. The Bertz CT molecular complexity index is 1960. The highest BCUT2D eigenvalue weighted by molar-refractivity contribution is 7.80. The van der Waals surface area contributed by atoms with Crippen LogP contribution < -0.4 is 5.32 Å². The van der Waals surface area contributed by atoms with Gasteiger partial charge in [-0.15, -0.1) is 0 Å². The largest absolute Gasteiger partial charge is 0.508 e. The van der Waals surface area contributed by atoms with Gasteiger partial charge < -0.3 is 58.7 Å². The summed E-state index contributed by atoms with van der Waals surface area (Å²) in [5.74, 6) is -2.75. The van der Waals surface area contributed by atoms with Crippen LogP contribution in [0.15, 0.2) is 72.8 Å². The van der Waals surface area contributed by atoms with E-state index in [1.807, 2.05) is 48.3 Å². The number of hydrogen-bond donors (Lipinski definition) is 4. The number of benzene rings is 3. The Morgan fingerprint density at radius 2 is 1.47 bits per heavy atom. The van der Waals surface area contributed by atoms with Gasteiger partial charge in [0.1, 0.15) is 24.6 Å². The molecule has 5 rings (SSSR count). The van der Waals surface area contributed by atoms with Crippen LogP contribution in [-0.4, -0.2) is 112 Å². The van der Waals surface area contributed by atoms with Crippen molar-refractivity contribution in [1.29, 1.82) is 0 Å². The molecule has 0 amide bonds. The molecule has 2 aliphatic rings. The summed E-state index contributed by atoms with van der Waals surface area (Å²) in [7, 11) is 1.88. The Labute approximate surface area is 353 Å². The summed E-state index contributed by atoms with van der Waals surface area (Å²) < 4.78 is 41.1. The number of nitrogens with zero attached hydrogens (tertiary/aromatic N) is 1. The molecule has 0 saturated carbocycles. The lowest BCUT2D eigenvalue weighted by Gasteiger charge is -2.44. The van der Waals surface area contributed by atoms with Crippen molar-refractivity contribution in [2.45, 2.75) is 102 Å². The molecule has 3 aromatic rings. The second-order valence-electron chi connectivity index (χ2n) is 14.8. The third-order valence-corrected chi connectivity index (χ3v) is 10.1. The normalized spacial score (nSPS) is 24.5. The van der Waals surface area contributed by atoms with Gasteiger partial charge in [-0.1, -0.05) is 60.7 Å². The average molecular weight is 853 g/mol. The number of anilines is 1. The lowest BCUT2D eigenvalue weighted by atomic mass is 9.92. The molecule has 17 heteroatoms. The van der Waals surface area contributed by atoms with Gasteiger partial charge in [-0.05, 0) is 48.0 Å². The van der Waals surface area contributed by atoms with Crippen molar-refractivity contribution in [3.63, 3.8) is 0 Å². The summed E-state index contributed by atoms with van der Waals surface area (Å²) in [6.45, 7) is 4.93. The molecule has 324 valence electrons. The van der Waals surface area contributed by atoms with Gasteiger partial charge in [-0.3, -0.25) is 19.2 Å². The maximum Gasteiger partial charge on any atom is 0.303 e. The highest BCUT2D eigenvalue weighted by Gasteiger charge is 2.52. The number of thiocarbonyl (C=S) groups is 1. The van der Waals surface area contributed by atoms with E-state index in [0.717, 1.165) is 25.0 Å². The average Bonchev–Trinajstić information content (AvgIpc) is 3.18. The maximum absolute atomic E-state index is 12.3. The smallest absolute Gasteiger partial charge is 0.303 e. The topological polar surface area (TPSA) is 209 Å². The fourth-order valence-corrected chi connectivity index (χ4v) is 7.51. The van der Waals surface area contributed by atoms with Gasteiger partial charge in [0.15, 0.2) is 24.6 Å². The van der Waals surface area contributed by atoms with E-state index < -0.39 is 66.8 Å². The number of phenolic OH excluding ortho intramolecular Hbond substituents is 1. The highest BCUT2D eigenvalue weighted by atomic mass is 32.1. The third kappa shape index (κ3) is 13.2. The first-order valence-corrected chi connectivity index (χ1v) is 19.9. The van der Waals surface area contributed by atoms with Crippen molar-refractivity contribution < 1.29 is 67.7 Å². The van der Waals surface area contributed by atoms with Crippen molar-refractivity contribution in [1.82, 2.24) is 4.90 Å². The van der Waals surface area contributed by atoms with Crippen molar-refractivity contribution in [2.24, 2.45) is 0 Å². The van der Waals surface area contributed by atoms with Crippen LogP contribution in [0.1, 0.15) is 81.3 Å². The Kier molecular flexibility index (Phi) is 16.5. The summed E-state index contributed by atoms with van der Waals surface area (Å²) in [6.07, 6.45) is -8.00. The lowest BCUT2D eigenvalue weighted by molar-refractivity contribution is -0.252. The third-order valence-electron chi connectivity index (χ3n) is 9.79. The van der Waals surface area contributed by atoms with Crippen molar-refractivity contribution in [3.05, 3.63) is 95.1 Å². The molecule has 0 aromatic heterocycles. The standard InChI is InChI=1S/C43H52N2O14S/c1-24(47)53-23-38-41(55-26(3)49)42(56-27(4)50)40(54-25(2)48)37(58-38)19-39(60)44-32-10-6-9-31(16-32)43-57-34(18-36(59-43)29-14-12-28(22-46)13-15-29)20-45(5)21-35(52)30-8-7-11-33(51)17-30/h6-17,34-38,40-43,46,51-52H,18-23H2,1-5H3,(H,44,60)/t34-,35+,36+,37-,38+,40-,41+,42+,43?/m0/s1. The van der Waals surface area contributed by atoms with Gasteiger partial charge in [0, 0.05) is 64.9 Å². The number of aliphatic hydroxyl groups excluding tert-OH is 2. The van der Waals surface area contributed by atoms with Crippen LogP contribution in [0.3, 0.4) is 0 Å². The van der Waals surface area contributed by atoms with Crippen LogP contribution >= 0.6 is 12.2 Å². The Morgan fingerprint density at radius 3 is 2.10 bits per heavy atom. The van der Waals surface area contributed by atoms with Crippen LogP contribution in [0, 0.1) is 0 Å². The molecular formula is C43H52N2O14S. The Hall–Kier alpha value is -5.01. The zero-order valence-electron chi connectivity index (χ0n) is 34.1. The minimum Gasteiger partial charge on any atom is -0.508 e. The summed E-state index contributed by atoms with van der Waals surface area (Å²) in [6, 6.07) is 21.3. The van der Waals surface area contributed by atoms with Crippen LogP contribution in [0.2, 0.25) is 0 Å². The zero-order valence-corrected chi connectivity index (χ0v) is 34.9. The van der Waals surface area contributed by atoms with Crippen molar-refractivity contribution >= 4 is 46.8 Å². The summed E-state index contributed by atoms with van der Waals surface area (Å²) in [4.78, 5) is 50.7. The van der Waals surface area contributed by atoms with Gasteiger partial charge in [0.2, 0.25) is 0 Å². The van der Waals surface area contributed by atoms with Crippen LogP contribution in [-0.2, 0) is 58.9 Å². The number of likely N-dealkylation sites (N-methyl/N-ethyl adjacent to an activating group) is 1. The van der Waals surface area contributed by atoms with Crippen LogP contribution in [0.4, 0.5) is 5.69 Å². The molecule has 1 unspecified atom stereocenters. The number of ether oxygens (including phenoxy) is 7. The monoisotopic (exact) mass is 852 g/mol. The van der Waals surface area contributed by atoms with Gasteiger partial charge in [-0.2, -0.15) is 0 Å². The number of aromatic hydroxyl groups is 1. The van der Waals surface area contributed by atoms with E-state index in [0.29, 0.717) is 29.8 Å². The number of rotatable bonds is 16. The Morgan fingerprint density at radius 1 is 0.817 bits per heavy atom. The van der Waals surface area contributed by atoms with Crippen molar-refractivity contribution in [3.8, 4) is 5.75 Å². The van der Waals surface area contributed by atoms with E-state index in [4.69, 9.17) is 45.4 Å². The molecule has 0 aliphatic carbocycles. The first-order chi connectivity index (χ1) is 28.6. The minimum absolute atomic E-state index is 0.0656. The van der Waals surface area contributed by atoms with Gasteiger partial charge in [0.25, 0.3) is 0 Å². The first kappa shape index (κ1) is 46.1. The molecule has 0 radical (unpaired) electrons. The molecular weight excluding hydrogens is 801 g/mol. The lowest BCUT2D eigenvalue weighted by Crippen LogP contribution is -2.62. The fourth-order valence-electron chi connectivity index (χ4n) is 7.23. The number of hydrogen-bond acceptors (Lipinski definition) is 16. The molecule has 3 aromatic carbocycles. The van der Waals surface area contributed by atoms with Gasteiger partial charge in [0.05, 0.1) is 29.9 Å². The zero-order chi connectivity index (χ0) is 43.5. The maximum atomic E-state index is 12.3. The number of nitrogens with one attached hydrogen (secondary N) is 1. The summed E-state index contributed by atoms with van der Waals surface area (Å²) >= 11 is 5.77. The quantitative estimate of drug-likeness (QED) is 0.0897. The predicted molar refractivity (Wildman–Crippen MR) is 218 cm³/mol. The molecule has 0 bridgehead atoms. The molecule has 0 spiro atoms. The van der Waals surface area contributed by atoms with E-state index in [9.17, 15) is 34.5 Å². The SMILES string of the molecule is CC(=O)OC[C@H]1O[C@@H](CC(=S)Nc2cccc(C3O[C@H](CN(C)C[C@@H](O)c4cccc(O)c4)C[C@H](c4ccc(CO)cc4)O3)c2)[C@H](OC(C)=O)[C@@H](OC(C)=O)[C@@H]1OC(C)=O. The first-order valence-electron chi connectivity index (χ1n) is 19.4. The second-order valence-corrected chi connectivity index (χ2v) is 15.3. The van der Waals surface area contributed by atoms with E-state index in [-0.39, 0.29) is 49.1 Å². The molecule has 2 saturated heterocycles. The molecule has 2 heterocycles. The fraction of sp³-hybridized carbons (Fsp3) is 0.465. The van der Waals surface area contributed by atoms with Crippen LogP contribution in [0.5, 0.6) is 5.75 Å². The van der Waals surface area contributed by atoms with E-state index in [1.54, 1.807) is 30.3 Å². The molecule has 4 N–H and O–H groups in total. The molecule has 16 nitrogen and oxygen atoms in total. The van der Waals surface area contributed by atoms with Crippen molar-refractivity contribution in [2.75, 3.05) is 32.1 Å². The summed E-state index contributed by atoms with van der Waals surface area (Å²) in [5.41, 5.74) is 3.48. The minimum atomic E-state index is -1.32. The number of phenols is 1. The Balaban J connectivity index is 1.34. The van der Waals surface area contributed by atoms with E-state index in [1.165, 1.54) is 19.9 Å². The summed E-state index contributed by atoms with van der Waals surface area (Å²) in [5, 5.41) is 33.6. The predicted octanol–water partition coefficient (Wildman–Crippen LogP) is 4.35. The van der Waals surface area contributed by atoms with E-state index in [2.05, 4.69) is 5.32 Å². The second kappa shape index (κ2) is 21.5. The molecule has 2 fully saturated rings. The molecule has 60 heavy (non-hydrogen) atoms. The number of carbonyl (C=O) groups is 4. The number of esters is 4. The van der Waals surface area contributed by atoms with Gasteiger partial charge >= 0.3 is 23.9 Å². The highest BCUT2D eigenvalue weighted by Crippen LogP contribution is 2.39. The number of aliphatic hydroxyl groups is 2.